The topological polar surface area (TPSA) is 43.4 Å². The lowest BCUT2D eigenvalue weighted by atomic mass is 9.92. The number of hydrogen-bond donors (Lipinski definition) is 0. The summed E-state index contributed by atoms with van der Waals surface area (Å²) in [5, 5.41) is 0. The van der Waals surface area contributed by atoms with Crippen LogP contribution in [0.5, 0.6) is 5.75 Å². The van der Waals surface area contributed by atoms with Gasteiger partial charge in [-0.3, -0.25) is 9.59 Å². The van der Waals surface area contributed by atoms with E-state index in [1.807, 2.05) is 48.5 Å². The first-order valence-electron chi connectivity index (χ1n) is 14.0. The Kier molecular flexibility index (Phi) is 7.94. The molecular formula is C39H26F2O3. The smallest absolute Gasteiger partial charge is 0.193 e. The third-order valence-electron chi connectivity index (χ3n) is 7.53. The van der Waals surface area contributed by atoms with Crippen LogP contribution >= 0.6 is 0 Å². The van der Waals surface area contributed by atoms with E-state index in [2.05, 4.69) is 24.3 Å². The predicted octanol–water partition coefficient (Wildman–Crippen LogP) is 9.44. The van der Waals surface area contributed by atoms with Crippen LogP contribution in [0.3, 0.4) is 0 Å². The number of hydrogen-bond acceptors (Lipinski definition) is 3. The number of ether oxygens (including phenoxy) is 1. The van der Waals surface area contributed by atoms with Gasteiger partial charge in [-0.2, -0.15) is 0 Å². The molecule has 5 heteroatoms. The molecule has 6 aromatic rings. The molecule has 0 spiro atoms. The van der Waals surface area contributed by atoms with Crippen LogP contribution in [0, 0.1) is 11.6 Å². The Morgan fingerprint density at radius 1 is 0.409 bits per heavy atom. The van der Waals surface area contributed by atoms with Gasteiger partial charge in [0.1, 0.15) is 17.4 Å². The van der Waals surface area contributed by atoms with E-state index in [9.17, 15) is 18.4 Å². The number of halogens is 2. The summed E-state index contributed by atoms with van der Waals surface area (Å²) in [6, 6.07) is 39.6. The lowest BCUT2D eigenvalue weighted by Crippen LogP contribution is -2.07. The molecule has 0 saturated heterocycles. The average Bonchev–Trinajstić information content (AvgIpc) is 3.08. The Morgan fingerprint density at radius 3 is 1.07 bits per heavy atom. The minimum atomic E-state index is -0.446. The molecule has 0 fully saturated rings. The monoisotopic (exact) mass is 580 g/mol. The van der Waals surface area contributed by atoms with Crippen molar-refractivity contribution in [2.45, 2.75) is 0 Å². The van der Waals surface area contributed by atoms with E-state index in [0.29, 0.717) is 16.7 Å². The summed E-state index contributed by atoms with van der Waals surface area (Å²) in [5.41, 5.74) is 6.90. The Balaban J connectivity index is 1.32. The second-order valence-electron chi connectivity index (χ2n) is 10.4. The summed E-state index contributed by atoms with van der Waals surface area (Å²) < 4.78 is 32.3. The second kappa shape index (κ2) is 12.3. The Hall–Kier alpha value is -5.68. The first-order valence-corrected chi connectivity index (χ1v) is 14.0. The van der Waals surface area contributed by atoms with Crippen molar-refractivity contribution in [1.82, 2.24) is 0 Å². The van der Waals surface area contributed by atoms with E-state index in [-0.39, 0.29) is 22.7 Å². The first-order chi connectivity index (χ1) is 21.4. The zero-order valence-corrected chi connectivity index (χ0v) is 23.8. The highest BCUT2D eigenvalue weighted by atomic mass is 19.1. The fourth-order valence-electron chi connectivity index (χ4n) is 5.09. The maximum Gasteiger partial charge on any atom is 0.193 e. The van der Waals surface area contributed by atoms with Crippen molar-refractivity contribution in [3.8, 4) is 39.1 Å². The van der Waals surface area contributed by atoms with Gasteiger partial charge in [-0.25, -0.2) is 8.78 Å². The van der Waals surface area contributed by atoms with Crippen molar-refractivity contribution in [1.29, 1.82) is 0 Å². The van der Waals surface area contributed by atoms with Crippen molar-refractivity contribution in [3.63, 3.8) is 0 Å². The average molecular weight is 581 g/mol. The van der Waals surface area contributed by atoms with Crippen molar-refractivity contribution < 1.29 is 23.1 Å². The molecule has 6 aromatic carbocycles. The van der Waals surface area contributed by atoms with Gasteiger partial charge in [-0.05, 0) is 112 Å². The summed E-state index contributed by atoms with van der Waals surface area (Å²) in [5.74, 6) is -0.763. The summed E-state index contributed by atoms with van der Waals surface area (Å²) in [4.78, 5) is 26.8. The Labute approximate surface area is 254 Å². The zero-order chi connectivity index (χ0) is 30.6. The van der Waals surface area contributed by atoms with Gasteiger partial charge in [0.2, 0.25) is 0 Å². The molecule has 0 bridgehead atoms. The van der Waals surface area contributed by atoms with Crippen molar-refractivity contribution in [2.75, 3.05) is 7.11 Å². The molecule has 0 N–H and O–H groups in total. The van der Waals surface area contributed by atoms with E-state index in [1.54, 1.807) is 19.2 Å². The van der Waals surface area contributed by atoms with Gasteiger partial charge in [0.15, 0.2) is 11.6 Å². The minimum absolute atomic E-state index is 0.290. The molecule has 0 heterocycles. The molecule has 0 saturated carbocycles. The number of ketones is 2. The molecule has 0 aromatic heterocycles. The molecule has 0 aliphatic rings. The number of benzene rings is 6. The molecule has 6 rings (SSSR count). The highest BCUT2D eigenvalue weighted by Crippen LogP contribution is 2.30. The summed E-state index contributed by atoms with van der Waals surface area (Å²) in [6.07, 6.45) is 0. The fraction of sp³-hybridized carbons (Fsp3) is 0.0256. The SMILES string of the molecule is COc1ccc(-c2ccc(-c3ccc(-c4cc(C(=O)c5ccc(F)cc5)cc(C(=O)c5ccc(F)cc5)c4)cc3)cc2)cc1. The number of rotatable bonds is 8. The lowest BCUT2D eigenvalue weighted by Gasteiger charge is -2.11. The lowest BCUT2D eigenvalue weighted by molar-refractivity contribution is 0.103. The molecule has 3 nitrogen and oxygen atoms in total. The van der Waals surface area contributed by atoms with E-state index in [1.165, 1.54) is 54.6 Å². The van der Waals surface area contributed by atoms with Gasteiger partial charge in [-0.15, -0.1) is 0 Å². The zero-order valence-electron chi connectivity index (χ0n) is 23.8. The standard InChI is InChI=1S/C39H26F2O3/c1-44-37-20-14-28(15-21-37)27-4-2-25(3-5-27)26-6-8-29(9-7-26)32-22-33(38(42)30-10-16-35(40)17-11-30)24-34(23-32)39(43)31-12-18-36(41)19-13-31/h2-24H,1H3. The highest BCUT2D eigenvalue weighted by Gasteiger charge is 2.17. The molecular weight excluding hydrogens is 554 g/mol. The maximum atomic E-state index is 13.5. The largest absolute Gasteiger partial charge is 0.497 e. The molecule has 0 atom stereocenters. The molecule has 0 amide bonds. The third-order valence-corrected chi connectivity index (χ3v) is 7.53. The number of carbonyl (C=O) groups excluding carboxylic acids is 2. The van der Waals surface area contributed by atoms with Crippen LogP contribution < -0.4 is 4.74 Å². The van der Waals surface area contributed by atoms with Crippen molar-refractivity contribution >= 4 is 11.6 Å². The van der Waals surface area contributed by atoms with Gasteiger partial charge < -0.3 is 4.74 Å². The van der Waals surface area contributed by atoms with Gasteiger partial charge in [-0.1, -0.05) is 60.7 Å². The van der Waals surface area contributed by atoms with E-state index >= 15 is 0 Å². The highest BCUT2D eigenvalue weighted by molar-refractivity contribution is 6.14. The van der Waals surface area contributed by atoms with Crippen LogP contribution in [0.1, 0.15) is 31.8 Å². The number of carbonyl (C=O) groups is 2. The van der Waals surface area contributed by atoms with E-state index < -0.39 is 11.6 Å². The maximum absolute atomic E-state index is 13.5. The molecule has 44 heavy (non-hydrogen) atoms. The van der Waals surface area contributed by atoms with Gasteiger partial charge in [0.05, 0.1) is 7.11 Å². The molecule has 0 aliphatic heterocycles. The predicted molar refractivity (Wildman–Crippen MR) is 169 cm³/mol. The minimum Gasteiger partial charge on any atom is -0.497 e. The quantitative estimate of drug-likeness (QED) is 0.169. The van der Waals surface area contributed by atoms with Crippen LogP contribution in [0.4, 0.5) is 8.78 Å². The number of methoxy groups -OCH3 is 1. The molecule has 214 valence electrons. The van der Waals surface area contributed by atoms with Crippen LogP contribution in [0.2, 0.25) is 0 Å². The Bertz CT molecular complexity index is 1870. The van der Waals surface area contributed by atoms with Gasteiger partial charge in [0, 0.05) is 22.3 Å². The van der Waals surface area contributed by atoms with Crippen LogP contribution in [0.15, 0.2) is 140 Å². The van der Waals surface area contributed by atoms with E-state index in [4.69, 9.17) is 4.74 Å². The molecule has 0 aliphatic carbocycles. The third kappa shape index (κ3) is 6.08. The fourth-order valence-corrected chi connectivity index (χ4v) is 5.09. The molecule has 0 unspecified atom stereocenters. The second-order valence-corrected chi connectivity index (χ2v) is 10.4. The van der Waals surface area contributed by atoms with Crippen molar-refractivity contribution in [3.05, 3.63) is 173 Å². The summed E-state index contributed by atoms with van der Waals surface area (Å²) in [6.45, 7) is 0. The summed E-state index contributed by atoms with van der Waals surface area (Å²) >= 11 is 0. The molecule has 0 radical (unpaired) electrons. The van der Waals surface area contributed by atoms with Gasteiger partial charge >= 0.3 is 0 Å². The van der Waals surface area contributed by atoms with Crippen LogP contribution in [-0.4, -0.2) is 18.7 Å². The summed E-state index contributed by atoms with van der Waals surface area (Å²) in [7, 11) is 1.64. The Morgan fingerprint density at radius 2 is 0.727 bits per heavy atom. The van der Waals surface area contributed by atoms with Crippen LogP contribution in [0.25, 0.3) is 33.4 Å². The van der Waals surface area contributed by atoms with Gasteiger partial charge in [0.25, 0.3) is 0 Å². The van der Waals surface area contributed by atoms with Crippen molar-refractivity contribution in [2.24, 2.45) is 0 Å². The van der Waals surface area contributed by atoms with Crippen LogP contribution in [-0.2, 0) is 0 Å². The van der Waals surface area contributed by atoms with E-state index in [0.717, 1.165) is 33.6 Å². The normalized spacial score (nSPS) is 10.8. The first kappa shape index (κ1) is 28.4.